The van der Waals surface area contributed by atoms with E-state index in [1.807, 2.05) is 12.3 Å². The van der Waals surface area contributed by atoms with Gasteiger partial charge < -0.3 is 15.0 Å². The predicted molar refractivity (Wildman–Crippen MR) is 85.6 cm³/mol. The number of aromatic nitrogens is 1. The van der Waals surface area contributed by atoms with Crippen molar-refractivity contribution in [1.82, 2.24) is 10.3 Å². The van der Waals surface area contributed by atoms with Crippen LogP contribution in [0.3, 0.4) is 0 Å². The quantitative estimate of drug-likeness (QED) is 0.924. The van der Waals surface area contributed by atoms with E-state index >= 15 is 0 Å². The van der Waals surface area contributed by atoms with Crippen LogP contribution in [0.25, 0.3) is 0 Å². The van der Waals surface area contributed by atoms with E-state index in [0.717, 1.165) is 38.0 Å². The molecular formula is C17H27N3O. The van der Waals surface area contributed by atoms with Gasteiger partial charge in [-0.3, -0.25) is 0 Å². The van der Waals surface area contributed by atoms with Gasteiger partial charge in [0.25, 0.3) is 0 Å². The van der Waals surface area contributed by atoms with Crippen molar-refractivity contribution in [2.45, 2.75) is 44.7 Å². The Morgan fingerprint density at radius 2 is 1.95 bits per heavy atom. The van der Waals surface area contributed by atoms with E-state index in [0.29, 0.717) is 12.1 Å². The minimum Gasteiger partial charge on any atom is -0.381 e. The number of rotatable bonds is 4. The largest absolute Gasteiger partial charge is 0.381 e. The summed E-state index contributed by atoms with van der Waals surface area (Å²) in [6.45, 7) is 6.44. The van der Waals surface area contributed by atoms with Crippen LogP contribution in [0.5, 0.6) is 0 Å². The van der Waals surface area contributed by atoms with Crippen molar-refractivity contribution >= 4 is 5.82 Å². The highest BCUT2D eigenvalue weighted by Gasteiger charge is 2.25. The molecule has 4 nitrogen and oxygen atoms in total. The molecule has 0 bridgehead atoms. The number of hydrogen-bond acceptors (Lipinski definition) is 4. The molecule has 1 aromatic heterocycles. The third-order valence-electron chi connectivity index (χ3n) is 4.94. The van der Waals surface area contributed by atoms with Gasteiger partial charge in [-0.1, -0.05) is 6.07 Å². The van der Waals surface area contributed by atoms with Crippen LogP contribution in [0.1, 0.15) is 32.6 Å². The maximum atomic E-state index is 5.46. The topological polar surface area (TPSA) is 37.4 Å². The fraction of sp³-hybridized carbons (Fsp3) is 0.706. The third-order valence-corrected chi connectivity index (χ3v) is 4.94. The molecule has 0 spiro atoms. The van der Waals surface area contributed by atoms with E-state index in [-0.39, 0.29) is 0 Å². The lowest BCUT2D eigenvalue weighted by Gasteiger charge is -2.37. The van der Waals surface area contributed by atoms with Crippen molar-refractivity contribution in [3.8, 4) is 0 Å². The lowest BCUT2D eigenvalue weighted by molar-refractivity contribution is 0.0539. The summed E-state index contributed by atoms with van der Waals surface area (Å²) in [5.41, 5.74) is 0. The molecule has 2 fully saturated rings. The van der Waals surface area contributed by atoms with E-state index in [2.05, 4.69) is 34.3 Å². The summed E-state index contributed by atoms with van der Waals surface area (Å²) in [4.78, 5) is 6.85. The van der Waals surface area contributed by atoms with Crippen molar-refractivity contribution in [1.29, 1.82) is 0 Å². The molecule has 3 heterocycles. The minimum absolute atomic E-state index is 0.611. The minimum atomic E-state index is 0.611. The van der Waals surface area contributed by atoms with Gasteiger partial charge in [-0.25, -0.2) is 4.98 Å². The highest BCUT2D eigenvalue weighted by atomic mass is 16.5. The highest BCUT2D eigenvalue weighted by molar-refractivity contribution is 5.38. The molecular weight excluding hydrogens is 262 g/mol. The van der Waals surface area contributed by atoms with Crippen molar-refractivity contribution in [3.63, 3.8) is 0 Å². The molecule has 116 valence electrons. The average Bonchev–Trinajstić information content (AvgIpc) is 2.57. The predicted octanol–water partition coefficient (Wildman–Crippen LogP) is 2.46. The van der Waals surface area contributed by atoms with Crippen molar-refractivity contribution in [2.24, 2.45) is 5.92 Å². The zero-order chi connectivity index (χ0) is 14.5. The molecule has 21 heavy (non-hydrogen) atoms. The van der Waals surface area contributed by atoms with Crippen LogP contribution < -0.4 is 10.2 Å². The van der Waals surface area contributed by atoms with Crippen LogP contribution in [0, 0.1) is 5.92 Å². The first-order valence-electron chi connectivity index (χ1n) is 8.32. The molecule has 1 N–H and O–H groups in total. The van der Waals surface area contributed by atoms with E-state index in [1.165, 1.54) is 25.7 Å². The van der Waals surface area contributed by atoms with Crippen molar-refractivity contribution in [3.05, 3.63) is 24.4 Å². The number of nitrogens with zero attached hydrogens (tertiary/aromatic N) is 2. The van der Waals surface area contributed by atoms with Gasteiger partial charge in [0, 0.05) is 44.6 Å². The van der Waals surface area contributed by atoms with E-state index in [9.17, 15) is 0 Å². The Morgan fingerprint density at radius 1 is 1.19 bits per heavy atom. The average molecular weight is 289 g/mol. The Labute approximate surface area is 127 Å². The van der Waals surface area contributed by atoms with Gasteiger partial charge >= 0.3 is 0 Å². The Balaban J connectivity index is 1.45. The fourth-order valence-electron chi connectivity index (χ4n) is 3.54. The molecule has 3 rings (SSSR count). The van der Waals surface area contributed by atoms with Crippen LogP contribution in [0.2, 0.25) is 0 Å². The number of hydrogen-bond donors (Lipinski definition) is 1. The molecule has 0 radical (unpaired) electrons. The number of anilines is 1. The van der Waals surface area contributed by atoms with Crippen LogP contribution in [0.4, 0.5) is 5.82 Å². The standard InChI is InChI=1S/C17H27N3O/c1-14(15-7-12-21-13-8-15)19-16-5-10-20(11-6-16)17-4-2-3-9-18-17/h2-4,9,14-16,19H,5-8,10-13H2,1H3. The summed E-state index contributed by atoms with van der Waals surface area (Å²) in [5, 5.41) is 3.86. The second-order valence-electron chi connectivity index (χ2n) is 6.35. The Hall–Kier alpha value is -1.13. The Morgan fingerprint density at radius 3 is 2.62 bits per heavy atom. The molecule has 0 saturated carbocycles. The van der Waals surface area contributed by atoms with Crippen molar-refractivity contribution in [2.75, 3.05) is 31.2 Å². The maximum Gasteiger partial charge on any atom is 0.128 e. The van der Waals surface area contributed by atoms with Gasteiger partial charge in [-0.2, -0.15) is 0 Å². The maximum absolute atomic E-state index is 5.46. The van der Waals surface area contributed by atoms with E-state index in [1.54, 1.807) is 0 Å². The van der Waals surface area contributed by atoms with Gasteiger partial charge in [-0.15, -0.1) is 0 Å². The summed E-state index contributed by atoms with van der Waals surface area (Å²) in [7, 11) is 0. The first-order valence-corrected chi connectivity index (χ1v) is 8.32. The molecule has 2 aliphatic rings. The molecule has 0 aliphatic carbocycles. The smallest absolute Gasteiger partial charge is 0.128 e. The van der Waals surface area contributed by atoms with Crippen LogP contribution in [-0.4, -0.2) is 43.4 Å². The summed E-state index contributed by atoms with van der Waals surface area (Å²) in [6.07, 6.45) is 6.73. The monoisotopic (exact) mass is 289 g/mol. The Bertz CT molecular complexity index is 411. The van der Waals surface area contributed by atoms with Crippen LogP contribution in [0.15, 0.2) is 24.4 Å². The van der Waals surface area contributed by atoms with Gasteiger partial charge in [0.1, 0.15) is 5.82 Å². The molecule has 1 atom stereocenters. The second kappa shape index (κ2) is 7.23. The summed E-state index contributed by atoms with van der Waals surface area (Å²) in [6, 6.07) is 7.43. The summed E-state index contributed by atoms with van der Waals surface area (Å²) in [5.74, 6) is 1.90. The highest BCUT2D eigenvalue weighted by Crippen LogP contribution is 2.22. The summed E-state index contributed by atoms with van der Waals surface area (Å²) < 4.78 is 5.46. The van der Waals surface area contributed by atoms with Crippen LogP contribution >= 0.6 is 0 Å². The first-order chi connectivity index (χ1) is 10.3. The normalized spacial score (nSPS) is 23.2. The molecule has 0 amide bonds. The molecule has 2 aliphatic heterocycles. The third kappa shape index (κ3) is 3.95. The molecule has 4 heteroatoms. The zero-order valence-electron chi connectivity index (χ0n) is 13.0. The van der Waals surface area contributed by atoms with E-state index < -0.39 is 0 Å². The first kappa shape index (κ1) is 14.8. The van der Waals surface area contributed by atoms with Gasteiger partial charge in [0.15, 0.2) is 0 Å². The van der Waals surface area contributed by atoms with Gasteiger partial charge in [0.05, 0.1) is 0 Å². The second-order valence-corrected chi connectivity index (χ2v) is 6.35. The lowest BCUT2D eigenvalue weighted by Crippen LogP contribution is -2.48. The number of piperidine rings is 1. The van der Waals surface area contributed by atoms with Crippen LogP contribution in [-0.2, 0) is 4.74 Å². The SMILES string of the molecule is CC(NC1CCN(c2ccccn2)CC1)C1CCOCC1. The molecule has 0 aromatic carbocycles. The summed E-state index contributed by atoms with van der Waals surface area (Å²) >= 11 is 0. The number of nitrogens with one attached hydrogen (secondary N) is 1. The van der Waals surface area contributed by atoms with Gasteiger partial charge in [0.2, 0.25) is 0 Å². The molecule has 2 saturated heterocycles. The number of pyridine rings is 1. The zero-order valence-corrected chi connectivity index (χ0v) is 13.0. The van der Waals surface area contributed by atoms with E-state index in [4.69, 9.17) is 4.74 Å². The Kier molecular flexibility index (Phi) is 5.09. The van der Waals surface area contributed by atoms with Gasteiger partial charge in [-0.05, 0) is 50.7 Å². The molecule has 1 aromatic rings. The number of ether oxygens (including phenoxy) is 1. The van der Waals surface area contributed by atoms with Crippen molar-refractivity contribution < 1.29 is 4.74 Å². The molecule has 1 unspecified atom stereocenters. The lowest BCUT2D eigenvalue weighted by atomic mass is 9.91. The fourth-order valence-corrected chi connectivity index (χ4v) is 3.54.